The van der Waals surface area contributed by atoms with Crippen LogP contribution in [0.2, 0.25) is 0 Å². The molecule has 2 N–H and O–H groups in total. The molecule has 1 rings (SSSR count). The lowest BCUT2D eigenvalue weighted by Gasteiger charge is -2.03. The molecule has 1 aromatic rings. The summed E-state index contributed by atoms with van der Waals surface area (Å²) >= 11 is 0. The van der Waals surface area contributed by atoms with Crippen molar-refractivity contribution in [2.75, 3.05) is 6.54 Å². The van der Waals surface area contributed by atoms with E-state index in [4.69, 9.17) is 15.0 Å². The predicted octanol–water partition coefficient (Wildman–Crippen LogP) is -1.98. The van der Waals surface area contributed by atoms with Crippen LogP contribution in [0, 0.1) is 0 Å². The first-order chi connectivity index (χ1) is 9.54. The van der Waals surface area contributed by atoms with Gasteiger partial charge in [-0.15, -0.1) is 0 Å². The first-order valence-electron chi connectivity index (χ1n) is 5.14. The molecule has 0 saturated carbocycles. The van der Waals surface area contributed by atoms with Crippen LogP contribution >= 0.6 is 0 Å². The van der Waals surface area contributed by atoms with Gasteiger partial charge in [0, 0.05) is 6.07 Å². The fourth-order valence-corrected chi connectivity index (χ4v) is 0.815. The van der Waals surface area contributed by atoms with Crippen molar-refractivity contribution >= 4 is 17.8 Å². The van der Waals surface area contributed by atoms with Gasteiger partial charge < -0.3 is 20.3 Å². The number of carbonyl (C=O) groups excluding carboxylic acids is 2. The number of aromatic nitrogens is 2. The monoisotopic (exact) mass is 309 g/mol. The third kappa shape index (κ3) is 8.13. The molecule has 0 aromatic carbocycles. The third-order valence-corrected chi connectivity index (χ3v) is 1.74. The number of hydrogen-bond acceptors (Lipinski definition) is 5. The summed E-state index contributed by atoms with van der Waals surface area (Å²) in [4.78, 5) is 30.2. The van der Waals surface area contributed by atoms with Crippen molar-refractivity contribution in [2.24, 2.45) is 7.05 Å². The van der Waals surface area contributed by atoms with E-state index < -0.39 is 24.0 Å². The van der Waals surface area contributed by atoms with Gasteiger partial charge in [-0.1, -0.05) is 4.68 Å². The number of alkyl halides is 3. The van der Waals surface area contributed by atoms with Gasteiger partial charge in [0.25, 0.3) is 5.91 Å². The molecule has 0 unspecified atom stereocenters. The van der Waals surface area contributed by atoms with Crippen LogP contribution < -0.4 is 15.1 Å². The van der Waals surface area contributed by atoms with Gasteiger partial charge in [-0.05, 0) is 5.10 Å². The molecule has 116 valence electrons. The highest BCUT2D eigenvalue weighted by Crippen LogP contribution is 2.11. The van der Waals surface area contributed by atoms with E-state index in [1.807, 2.05) is 0 Å². The molecule has 0 fully saturated rings. The second-order valence-electron chi connectivity index (χ2n) is 3.45. The molecule has 1 aromatic heterocycles. The zero-order valence-corrected chi connectivity index (χ0v) is 10.5. The van der Waals surface area contributed by atoms with Crippen LogP contribution in [0.1, 0.15) is 10.4 Å². The Hall–Kier alpha value is -2.72. The summed E-state index contributed by atoms with van der Waals surface area (Å²) in [5.74, 6) is -4.53. The molecule has 0 bridgehead atoms. The first-order valence-corrected chi connectivity index (χ1v) is 5.14. The standard InChI is InChI=1S/C8H9N3O3.C2HF3O2/c1-11-3-2-6(4-10-11)8(14)9-5-7(12)13;3-2(4,5)1(6)7/h2-4H,5H2,1H3,(H-,9,12,13,14);(H,6,7). The largest absolute Gasteiger partial charge is 0.542 e. The highest BCUT2D eigenvalue weighted by atomic mass is 19.4. The Labute approximate surface area is 115 Å². The lowest BCUT2D eigenvalue weighted by Crippen LogP contribution is -2.37. The highest BCUT2D eigenvalue weighted by molar-refractivity contribution is 5.95. The van der Waals surface area contributed by atoms with Gasteiger partial charge in [0.05, 0.1) is 5.56 Å². The molecule has 21 heavy (non-hydrogen) atoms. The summed E-state index contributed by atoms with van der Waals surface area (Å²) in [5, 5.41) is 23.2. The topological polar surface area (TPSA) is 123 Å². The molecule has 0 aliphatic heterocycles. The second kappa shape index (κ2) is 7.77. The van der Waals surface area contributed by atoms with E-state index in [-0.39, 0.29) is 6.54 Å². The van der Waals surface area contributed by atoms with Crippen LogP contribution in [0.5, 0.6) is 0 Å². The molecule has 0 saturated heterocycles. The number of nitrogens with zero attached hydrogens (tertiary/aromatic N) is 2. The van der Waals surface area contributed by atoms with Crippen molar-refractivity contribution in [3.05, 3.63) is 24.0 Å². The average Bonchev–Trinajstić information content (AvgIpc) is 2.36. The van der Waals surface area contributed by atoms with Crippen molar-refractivity contribution in [1.82, 2.24) is 10.4 Å². The fraction of sp³-hybridized carbons (Fsp3) is 0.300. The minimum atomic E-state index is -5.19. The van der Waals surface area contributed by atoms with Gasteiger partial charge in [0.2, 0.25) is 0 Å². The van der Waals surface area contributed by atoms with E-state index >= 15 is 0 Å². The predicted molar refractivity (Wildman–Crippen MR) is 56.4 cm³/mol. The molecule has 0 aliphatic carbocycles. The minimum absolute atomic E-state index is 0.337. The molecule has 0 atom stereocenters. The number of halogens is 3. The van der Waals surface area contributed by atoms with Gasteiger partial charge >= 0.3 is 12.1 Å². The van der Waals surface area contributed by atoms with Crippen molar-refractivity contribution in [3.63, 3.8) is 0 Å². The number of carboxylic acid groups (broad SMARTS) is 2. The first kappa shape index (κ1) is 18.3. The Morgan fingerprint density at radius 3 is 2.29 bits per heavy atom. The van der Waals surface area contributed by atoms with Crippen molar-refractivity contribution in [1.29, 1.82) is 0 Å². The number of aliphatic carboxylic acids is 2. The van der Waals surface area contributed by atoms with Crippen LogP contribution in [0.4, 0.5) is 13.2 Å². The highest BCUT2D eigenvalue weighted by Gasteiger charge is 2.28. The number of nitrogens with one attached hydrogen (secondary N) is 1. The van der Waals surface area contributed by atoms with Crippen LogP contribution in [-0.2, 0) is 16.6 Å². The smallest absolute Gasteiger partial charge is 0.430 e. The Kier molecular flexibility index (Phi) is 6.76. The van der Waals surface area contributed by atoms with Crippen LogP contribution in [-0.4, -0.2) is 40.8 Å². The van der Waals surface area contributed by atoms with Crippen molar-refractivity contribution < 1.29 is 42.4 Å². The van der Waals surface area contributed by atoms with Gasteiger partial charge in [0.1, 0.15) is 18.7 Å². The minimum Gasteiger partial charge on any atom is -0.542 e. The number of aryl methyl sites for hydroxylation is 1. The maximum absolute atomic E-state index is 11.2. The van der Waals surface area contributed by atoms with Crippen LogP contribution in [0.25, 0.3) is 0 Å². The third-order valence-electron chi connectivity index (χ3n) is 1.74. The lowest BCUT2D eigenvalue weighted by molar-refractivity contribution is -0.730. The van der Waals surface area contributed by atoms with E-state index in [0.717, 1.165) is 0 Å². The fourth-order valence-electron chi connectivity index (χ4n) is 0.815. The Morgan fingerprint density at radius 2 is 1.95 bits per heavy atom. The maximum Gasteiger partial charge on any atom is 0.430 e. The van der Waals surface area contributed by atoms with Crippen molar-refractivity contribution in [3.8, 4) is 0 Å². The molecule has 0 spiro atoms. The van der Waals surface area contributed by atoms with E-state index in [9.17, 15) is 22.8 Å². The quantitative estimate of drug-likeness (QED) is 0.624. The second-order valence-corrected chi connectivity index (χ2v) is 3.45. The zero-order chi connectivity index (χ0) is 16.6. The molecule has 1 amide bonds. The Bertz CT molecular complexity index is 516. The maximum atomic E-state index is 11.2. The molecule has 11 heteroatoms. The van der Waals surface area contributed by atoms with E-state index in [2.05, 4.69) is 10.4 Å². The summed E-state index contributed by atoms with van der Waals surface area (Å²) in [6, 6.07) is 1.56. The van der Waals surface area contributed by atoms with Gasteiger partial charge in [-0.25, -0.2) is 0 Å². The molecule has 8 nitrogen and oxygen atoms in total. The lowest BCUT2D eigenvalue weighted by atomic mass is 10.3. The summed E-state index contributed by atoms with van der Waals surface area (Å²) in [5.41, 5.74) is 0.337. The molecule has 0 radical (unpaired) electrons. The number of rotatable bonds is 3. The van der Waals surface area contributed by atoms with Gasteiger partial charge in [0.15, 0.2) is 13.2 Å². The normalized spacial score (nSPS) is 10.1. The summed E-state index contributed by atoms with van der Waals surface area (Å²) in [6.45, 7) is -0.389. The molecular formula is C10H10F3N3O5. The number of hydrogen-bond donors (Lipinski definition) is 2. The summed E-state index contributed by atoms with van der Waals surface area (Å²) < 4.78 is 33.1. The molecule has 1 heterocycles. The number of carbonyl (C=O) groups is 3. The number of amides is 1. The zero-order valence-electron chi connectivity index (χ0n) is 10.5. The van der Waals surface area contributed by atoms with Gasteiger partial charge in [-0.3, -0.25) is 9.59 Å². The van der Waals surface area contributed by atoms with Crippen LogP contribution in [0.3, 0.4) is 0 Å². The van der Waals surface area contributed by atoms with E-state index in [1.165, 1.54) is 10.9 Å². The summed E-state index contributed by atoms with van der Waals surface area (Å²) in [7, 11) is 1.72. The van der Waals surface area contributed by atoms with Crippen molar-refractivity contribution in [2.45, 2.75) is 6.18 Å². The SMILES string of the molecule is C[n+]1ccc(C(=O)NCC(=O)O)cn1.O=C([O-])C(F)(F)F. The Balaban J connectivity index is 0.000000486. The van der Waals surface area contributed by atoms with E-state index in [1.54, 1.807) is 19.3 Å². The molecule has 0 aliphatic rings. The van der Waals surface area contributed by atoms with Gasteiger partial charge in [-0.2, -0.15) is 13.2 Å². The van der Waals surface area contributed by atoms with Crippen LogP contribution in [0.15, 0.2) is 18.5 Å². The average molecular weight is 309 g/mol. The number of carboxylic acids is 2. The summed E-state index contributed by atoms with van der Waals surface area (Å²) in [6.07, 6.45) is -2.22. The Morgan fingerprint density at radius 1 is 1.43 bits per heavy atom. The van der Waals surface area contributed by atoms with E-state index in [0.29, 0.717) is 5.56 Å². The molecular weight excluding hydrogens is 299 g/mol.